The van der Waals surface area contributed by atoms with Gasteiger partial charge in [0.05, 0.1) is 6.04 Å². The second-order valence-corrected chi connectivity index (χ2v) is 3.29. The van der Waals surface area contributed by atoms with E-state index in [4.69, 9.17) is 11.5 Å². The van der Waals surface area contributed by atoms with Crippen molar-refractivity contribution in [3.63, 3.8) is 0 Å². The lowest BCUT2D eigenvalue weighted by atomic mass is 10.1. The number of nitrogens with zero attached hydrogens (tertiary/aromatic N) is 2. The topological polar surface area (TPSA) is 86.9 Å². The minimum Gasteiger partial charge on any atom is -0.382 e. The van der Waals surface area contributed by atoms with Crippen LogP contribution in [0.15, 0.2) is 12.3 Å². The average molecular weight is 182 g/mol. The highest BCUT2D eigenvalue weighted by molar-refractivity contribution is 5.83. The van der Waals surface area contributed by atoms with Crippen molar-refractivity contribution < 1.29 is 4.79 Å². The van der Waals surface area contributed by atoms with Crippen molar-refractivity contribution in [2.24, 2.45) is 11.7 Å². The first-order chi connectivity index (χ1) is 6.02. The Bertz CT molecular complexity index is 305. The third kappa shape index (κ3) is 2.06. The third-order valence-corrected chi connectivity index (χ3v) is 1.84. The molecule has 0 aliphatic carbocycles. The van der Waals surface area contributed by atoms with E-state index in [0.29, 0.717) is 5.82 Å². The van der Waals surface area contributed by atoms with Crippen LogP contribution in [0.3, 0.4) is 0 Å². The molecule has 0 amide bonds. The van der Waals surface area contributed by atoms with Crippen LogP contribution in [0, 0.1) is 5.92 Å². The van der Waals surface area contributed by atoms with Crippen molar-refractivity contribution in [1.82, 2.24) is 9.78 Å². The summed E-state index contributed by atoms with van der Waals surface area (Å²) in [6, 6.07) is 1.03. The smallest absolute Gasteiger partial charge is 0.264 e. The van der Waals surface area contributed by atoms with Crippen molar-refractivity contribution in [1.29, 1.82) is 0 Å². The van der Waals surface area contributed by atoms with Crippen LogP contribution in [0.4, 0.5) is 5.82 Å². The lowest BCUT2D eigenvalue weighted by Crippen LogP contribution is -2.39. The van der Waals surface area contributed by atoms with E-state index in [1.807, 2.05) is 13.8 Å². The molecule has 0 aliphatic rings. The monoisotopic (exact) mass is 182 g/mol. The summed E-state index contributed by atoms with van der Waals surface area (Å²) in [5.74, 6) is 0.189. The van der Waals surface area contributed by atoms with Gasteiger partial charge in [-0.05, 0) is 5.92 Å². The third-order valence-electron chi connectivity index (χ3n) is 1.84. The zero-order chi connectivity index (χ0) is 10.0. The van der Waals surface area contributed by atoms with Gasteiger partial charge < -0.3 is 11.5 Å². The Morgan fingerprint density at radius 2 is 2.23 bits per heavy atom. The van der Waals surface area contributed by atoms with Crippen molar-refractivity contribution >= 4 is 11.7 Å². The predicted molar refractivity (Wildman–Crippen MR) is 50.1 cm³/mol. The minimum absolute atomic E-state index is 0.0953. The zero-order valence-electron chi connectivity index (χ0n) is 7.77. The Balaban J connectivity index is 2.79. The fourth-order valence-electron chi connectivity index (χ4n) is 0.899. The summed E-state index contributed by atoms with van der Waals surface area (Å²) in [6.45, 7) is 3.77. The second-order valence-electron chi connectivity index (χ2n) is 3.29. The molecule has 0 saturated carbocycles. The highest BCUT2D eigenvalue weighted by Gasteiger charge is 2.19. The molecule has 1 atom stereocenters. The van der Waals surface area contributed by atoms with Gasteiger partial charge in [0.2, 0.25) is 0 Å². The standard InChI is InChI=1S/C8H14N4O/c1-5(2)7(10)8(13)12-4-3-6(9)11-12/h3-5,7H,10H2,1-2H3,(H2,9,11)/t7-/m0/s1. The maximum absolute atomic E-state index is 11.5. The van der Waals surface area contributed by atoms with Gasteiger partial charge in [0.1, 0.15) is 5.82 Å². The molecular weight excluding hydrogens is 168 g/mol. The first-order valence-corrected chi connectivity index (χ1v) is 4.13. The first-order valence-electron chi connectivity index (χ1n) is 4.13. The number of carbonyl (C=O) groups is 1. The normalized spacial score (nSPS) is 13.2. The van der Waals surface area contributed by atoms with E-state index in [1.54, 1.807) is 6.07 Å². The molecule has 1 aromatic rings. The highest BCUT2D eigenvalue weighted by Crippen LogP contribution is 2.03. The Hall–Kier alpha value is -1.36. The van der Waals surface area contributed by atoms with Crippen LogP contribution in [0.2, 0.25) is 0 Å². The maximum Gasteiger partial charge on any atom is 0.264 e. The predicted octanol–water partition coefficient (Wildman–Crippen LogP) is 0.0888. The highest BCUT2D eigenvalue weighted by atomic mass is 16.2. The van der Waals surface area contributed by atoms with Gasteiger partial charge in [0.15, 0.2) is 0 Å². The molecule has 0 aliphatic heterocycles. The fraction of sp³-hybridized carbons (Fsp3) is 0.500. The van der Waals surface area contributed by atoms with Gasteiger partial charge in [-0.2, -0.15) is 0 Å². The van der Waals surface area contributed by atoms with Crippen molar-refractivity contribution in [2.75, 3.05) is 5.73 Å². The van der Waals surface area contributed by atoms with Gasteiger partial charge in [0.25, 0.3) is 5.91 Å². The summed E-state index contributed by atoms with van der Waals surface area (Å²) < 4.78 is 1.18. The van der Waals surface area contributed by atoms with E-state index in [9.17, 15) is 4.79 Å². The number of aromatic nitrogens is 2. The van der Waals surface area contributed by atoms with Gasteiger partial charge in [-0.1, -0.05) is 13.8 Å². The summed E-state index contributed by atoms with van der Waals surface area (Å²) in [7, 11) is 0. The van der Waals surface area contributed by atoms with E-state index in [1.165, 1.54) is 10.9 Å². The van der Waals surface area contributed by atoms with Crippen LogP contribution in [0.5, 0.6) is 0 Å². The molecule has 0 saturated heterocycles. The molecule has 0 unspecified atom stereocenters. The zero-order valence-corrected chi connectivity index (χ0v) is 7.77. The second kappa shape index (κ2) is 3.57. The van der Waals surface area contributed by atoms with Crippen LogP contribution < -0.4 is 11.5 Å². The Morgan fingerprint density at radius 3 is 2.62 bits per heavy atom. The molecule has 1 rings (SSSR count). The van der Waals surface area contributed by atoms with E-state index in [-0.39, 0.29) is 11.8 Å². The summed E-state index contributed by atoms with van der Waals surface area (Å²) in [5.41, 5.74) is 11.0. The van der Waals surface area contributed by atoms with Crippen LogP contribution in [0.25, 0.3) is 0 Å². The molecule has 0 spiro atoms. The number of carbonyl (C=O) groups excluding carboxylic acids is 1. The maximum atomic E-state index is 11.5. The Labute approximate surface area is 76.7 Å². The molecule has 1 heterocycles. The molecule has 1 aromatic heterocycles. The quantitative estimate of drug-likeness (QED) is 0.678. The van der Waals surface area contributed by atoms with Gasteiger partial charge >= 0.3 is 0 Å². The van der Waals surface area contributed by atoms with Crippen LogP contribution in [-0.2, 0) is 0 Å². The fourth-order valence-corrected chi connectivity index (χ4v) is 0.899. The Kier molecular flexibility index (Phi) is 2.67. The number of nitrogens with two attached hydrogens (primary N) is 2. The van der Waals surface area contributed by atoms with Crippen LogP contribution in [-0.4, -0.2) is 21.7 Å². The summed E-state index contributed by atoms with van der Waals surface area (Å²) in [5, 5.41) is 3.78. The summed E-state index contributed by atoms with van der Waals surface area (Å²) >= 11 is 0. The molecule has 5 heteroatoms. The summed E-state index contributed by atoms with van der Waals surface area (Å²) in [4.78, 5) is 11.5. The van der Waals surface area contributed by atoms with Crippen molar-refractivity contribution in [2.45, 2.75) is 19.9 Å². The molecule has 13 heavy (non-hydrogen) atoms. The number of hydrogen-bond acceptors (Lipinski definition) is 4. The van der Waals surface area contributed by atoms with Gasteiger partial charge in [-0.3, -0.25) is 4.79 Å². The van der Waals surface area contributed by atoms with Crippen LogP contribution >= 0.6 is 0 Å². The molecule has 0 radical (unpaired) electrons. The van der Waals surface area contributed by atoms with E-state index >= 15 is 0 Å². The minimum atomic E-state index is -0.528. The molecule has 4 N–H and O–H groups in total. The number of anilines is 1. The van der Waals surface area contributed by atoms with E-state index < -0.39 is 6.04 Å². The lowest BCUT2D eigenvalue weighted by Gasteiger charge is -2.13. The van der Waals surface area contributed by atoms with Crippen LogP contribution in [0.1, 0.15) is 18.6 Å². The van der Waals surface area contributed by atoms with Crippen molar-refractivity contribution in [3.05, 3.63) is 12.3 Å². The average Bonchev–Trinajstić information content (AvgIpc) is 2.49. The first kappa shape index (κ1) is 9.73. The molecular formula is C8H14N4O. The van der Waals surface area contributed by atoms with E-state index in [0.717, 1.165) is 0 Å². The largest absolute Gasteiger partial charge is 0.382 e. The van der Waals surface area contributed by atoms with E-state index in [2.05, 4.69) is 5.10 Å². The summed E-state index contributed by atoms with van der Waals surface area (Å²) in [6.07, 6.45) is 1.51. The van der Waals surface area contributed by atoms with Gasteiger partial charge in [0, 0.05) is 12.3 Å². The SMILES string of the molecule is CC(C)[C@H](N)C(=O)n1ccc(N)n1. The molecule has 5 nitrogen and oxygen atoms in total. The van der Waals surface area contributed by atoms with Gasteiger partial charge in [-0.15, -0.1) is 5.10 Å². The van der Waals surface area contributed by atoms with Gasteiger partial charge in [-0.25, -0.2) is 4.68 Å². The molecule has 0 bridgehead atoms. The lowest BCUT2D eigenvalue weighted by molar-refractivity contribution is 0.0841. The molecule has 72 valence electrons. The molecule has 0 aromatic carbocycles. The molecule has 0 fully saturated rings. The Morgan fingerprint density at radius 1 is 1.62 bits per heavy atom. The number of nitrogen functional groups attached to an aromatic ring is 1. The number of rotatable bonds is 2. The van der Waals surface area contributed by atoms with Crippen molar-refractivity contribution in [3.8, 4) is 0 Å². The number of hydrogen-bond donors (Lipinski definition) is 2.